The Hall–Kier alpha value is -1.35. The largest absolute Gasteiger partial charge is 0.369 e. The fourth-order valence-electron chi connectivity index (χ4n) is 1.71. The fourth-order valence-corrected chi connectivity index (χ4v) is 1.71. The summed E-state index contributed by atoms with van der Waals surface area (Å²) in [4.78, 5) is 22.4. The van der Waals surface area contributed by atoms with E-state index in [1.807, 2.05) is 6.07 Å². The molecule has 0 aromatic heterocycles. The molecule has 0 saturated heterocycles. The summed E-state index contributed by atoms with van der Waals surface area (Å²) in [6.07, 6.45) is 0.231. The normalized spacial score (nSPS) is 18.6. The molecule has 4 heteroatoms. The number of ketones is 1. The first-order valence-electron chi connectivity index (χ1n) is 4.11. The van der Waals surface area contributed by atoms with Gasteiger partial charge in [-0.3, -0.25) is 9.59 Å². The molecule has 1 aliphatic rings. The first kappa shape index (κ1) is 10.7. The van der Waals surface area contributed by atoms with Gasteiger partial charge in [0.2, 0.25) is 5.91 Å². The van der Waals surface area contributed by atoms with Crippen LogP contribution in [0.25, 0.3) is 0 Å². The third-order valence-corrected chi connectivity index (χ3v) is 2.37. The van der Waals surface area contributed by atoms with Crippen molar-refractivity contribution in [2.24, 2.45) is 5.73 Å². The maximum Gasteiger partial charge on any atom is 0.225 e. The Balaban J connectivity index is 0.000000980. The van der Waals surface area contributed by atoms with Gasteiger partial charge in [-0.2, -0.15) is 0 Å². The third-order valence-electron chi connectivity index (χ3n) is 2.37. The van der Waals surface area contributed by atoms with Crippen LogP contribution in [0.2, 0.25) is 0 Å². The van der Waals surface area contributed by atoms with Crippen LogP contribution in [0.15, 0.2) is 24.3 Å². The van der Waals surface area contributed by atoms with Crippen LogP contribution in [-0.4, -0.2) is 11.7 Å². The molecule has 1 unspecified atom stereocenters. The summed E-state index contributed by atoms with van der Waals surface area (Å²) < 4.78 is 0. The van der Waals surface area contributed by atoms with E-state index in [9.17, 15) is 9.59 Å². The monoisotopic (exact) mass is 211 g/mol. The van der Waals surface area contributed by atoms with Crippen molar-refractivity contribution in [1.82, 2.24) is 0 Å². The minimum absolute atomic E-state index is 0. The lowest BCUT2D eigenvalue weighted by molar-refractivity contribution is -0.119. The number of halogens is 1. The van der Waals surface area contributed by atoms with Gasteiger partial charge in [-0.1, -0.05) is 24.3 Å². The SMILES string of the molecule is Cl.NC(=O)C1CC(=O)c2ccccc21. The van der Waals surface area contributed by atoms with Gasteiger partial charge in [0.1, 0.15) is 0 Å². The fraction of sp³-hybridized carbons (Fsp3) is 0.200. The summed E-state index contributed by atoms with van der Waals surface area (Å²) in [5.41, 5.74) is 6.61. The lowest BCUT2D eigenvalue weighted by Crippen LogP contribution is -2.19. The number of fused-ring (bicyclic) bond motifs is 1. The Morgan fingerprint density at radius 2 is 2.00 bits per heavy atom. The van der Waals surface area contributed by atoms with Crippen LogP contribution in [0, 0.1) is 0 Å². The summed E-state index contributed by atoms with van der Waals surface area (Å²) in [6.45, 7) is 0. The lowest BCUT2D eigenvalue weighted by Gasteiger charge is -2.03. The number of rotatable bonds is 1. The van der Waals surface area contributed by atoms with Crippen molar-refractivity contribution in [3.05, 3.63) is 35.4 Å². The zero-order chi connectivity index (χ0) is 9.42. The molecule has 2 N–H and O–H groups in total. The molecule has 1 amide bonds. The van der Waals surface area contributed by atoms with Crippen LogP contribution in [-0.2, 0) is 4.79 Å². The molecule has 1 aromatic rings. The summed E-state index contributed by atoms with van der Waals surface area (Å²) in [6, 6.07) is 7.13. The number of hydrogen-bond acceptors (Lipinski definition) is 2. The van der Waals surface area contributed by atoms with Gasteiger partial charge in [0.25, 0.3) is 0 Å². The summed E-state index contributed by atoms with van der Waals surface area (Å²) >= 11 is 0. The maximum absolute atomic E-state index is 11.4. The first-order chi connectivity index (χ1) is 6.20. The van der Waals surface area contributed by atoms with Gasteiger partial charge in [0, 0.05) is 12.0 Å². The van der Waals surface area contributed by atoms with Gasteiger partial charge in [-0.25, -0.2) is 0 Å². The molecule has 0 spiro atoms. The van der Waals surface area contributed by atoms with Crippen LogP contribution < -0.4 is 5.73 Å². The number of primary amides is 1. The zero-order valence-electron chi connectivity index (χ0n) is 7.40. The van der Waals surface area contributed by atoms with Gasteiger partial charge >= 0.3 is 0 Å². The van der Waals surface area contributed by atoms with E-state index in [2.05, 4.69) is 0 Å². The molecule has 2 rings (SSSR count). The molecule has 0 fully saturated rings. The molecule has 0 heterocycles. The van der Waals surface area contributed by atoms with E-state index < -0.39 is 11.8 Å². The van der Waals surface area contributed by atoms with Gasteiger partial charge in [-0.15, -0.1) is 12.4 Å². The van der Waals surface area contributed by atoms with Crippen molar-refractivity contribution in [3.8, 4) is 0 Å². The van der Waals surface area contributed by atoms with Gasteiger partial charge < -0.3 is 5.73 Å². The van der Waals surface area contributed by atoms with E-state index in [0.29, 0.717) is 5.56 Å². The van der Waals surface area contributed by atoms with Crippen LogP contribution in [0.3, 0.4) is 0 Å². The Morgan fingerprint density at radius 3 is 2.64 bits per heavy atom. The summed E-state index contributed by atoms with van der Waals surface area (Å²) in [5.74, 6) is -0.818. The van der Waals surface area contributed by atoms with Gasteiger partial charge in [-0.05, 0) is 5.56 Å². The quantitative estimate of drug-likeness (QED) is 0.761. The first-order valence-corrected chi connectivity index (χ1v) is 4.11. The zero-order valence-corrected chi connectivity index (χ0v) is 8.21. The molecular formula is C10H10ClNO2. The minimum atomic E-state index is -0.418. The van der Waals surface area contributed by atoms with E-state index in [1.54, 1.807) is 18.2 Å². The van der Waals surface area contributed by atoms with Crippen LogP contribution in [0.5, 0.6) is 0 Å². The Morgan fingerprint density at radius 1 is 1.36 bits per heavy atom. The Labute approximate surface area is 87.7 Å². The number of carbonyl (C=O) groups is 2. The van der Waals surface area contributed by atoms with Crippen molar-refractivity contribution in [3.63, 3.8) is 0 Å². The standard InChI is InChI=1S/C10H9NO2.ClH/c11-10(13)8-5-9(12)7-4-2-1-3-6(7)8;/h1-4,8H,5H2,(H2,11,13);1H. The molecule has 1 aromatic carbocycles. The molecule has 0 saturated carbocycles. The Kier molecular flexibility index (Phi) is 2.91. The van der Waals surface area contributed by atoms with Crippen molar-refractivity contribution in [1.29, 1.82) is 0 Å². The van der Waals surface area contributed by atoms with Crippen molar-refractivity contribution in [2.45, 2.75) is 12.3 Å². The number of Topliss-reactive ketones (excluding diaryl/α,β-unsaturated/α-hetero) is 1. The van der Waals surface area contributed by atoms with E-state index in [4.69, 9.17) is 5.73 Å². The van der Waals surface area contributed by atoms with Gasteiger partial charge in [0.05, 0.1) is 5.92 Å². The molecular weight excluding hydrogens is 202 g/mol. The van der Waals surface area contributed by atoms with Crippen LogP contribution in [0.1, 0.15) is 28.3 Å². The van der Waals surface area contributed by atoms with Crippen molar-refractivity contribution >= 4 is 24.1 Å². The second kappa shape index (κ2) is 3.80. The number of nitrogens with two attached hydrogens (primary N) is 1. The summed E-state index contributed by atoms with van der Waals surface area (Å²) in [7, 11) is 0. The van der Waals surface area contributed by atoms with Gasteiger partial charge in [0.15, 0.2) is 5.78 Å². The minimum Gasteiger partial charge on any atom is -0.369 e. The number of amides is 1. The molecule has 0 radical (unpaired) electrons. The highest BCUT2D eigenvalue weighted by Gasteiger charge is 2.32. The van der Waals surface area contributed by atoms with E-state index in [-0.39, 0.29) is 24.6 Å². The Bertz CT molecular complexity index is 389. The second-order valence-electron chi connectivity index (χ2n) is 3.17. The number of carbonyl (C=O) groups excluding carboxylic acids is 2. The highest BCUT2D eigenvalue weighted by Crippen LogP contribution is 2.32. The van der Waals surface area contributed by atoms with E-state index in [1.165, 1.54) is 0 Å². The van der Waals surface area contributed by atoms with Crippen molar-refractivity contribution in [2.75, 3.05) is 0 Å². The smallest absolute Gasteiger partial charge is 0.225 e. The molecule has 0 aliphatic heterocycles. The lowest BCUT2D eigenvalue weighted by atomic mass is 10.0. The molecule has 74 valence electrons. The average Bonchev–Trinajstić information content (AvgIpc) is 2.45. The van der Waals surface area contributed by atoms with Crippen molar-refractivity contribution < 1.29 is 9.59 Å². The molecule has 0 bridgehead atoms. The third kappa shape index (κ3) is 1.51. The predicted octanol–water partition coefficient (Wildman–Crippen LogP) is 1.26. The maximum atomic E-state index is 11.4. The summed E-state index contributed by atoms with van der Waals surface area (Å²) in [5, 5.41) is 0. The highest BCUT2D eigenvalue weighted by atomic mass is 35.5. The molecule has 14 heavy (non-hydrogen) atoms. The van der Waals surface area contributed by atoms with Crippen LogP contribution >= 0.6 is 12.4 Å². The number of hydrogen-bond donors (Lipinski definition) is 1. The van der Waals surface area contributed by atoms with E-state index in [0.717, 1.165) is 5.56 Å². The molecule has 1 atom stereocenters. The second-order valence-corrected chi connectivity index (χ2v) is 3.17. The number of benzene rings is 1. The highest BCUT2D eigenvalue weighted by molar-refractivity contribution is 6.06. The predicted molar refractivity (Wildman–Crippen MR) is 54.6 cm³/mol. The topological polar surface area (TPSA) is 60.2 Å². The van der Waals surface area contributed by atoms with Crippen LogP contribution in [0.4, 0.5) is 0 Å². The molecule has 1 aliphatic carbocycles. The molecule has 3 nitrogen and oxygen atoms in total. The van der Waals surface area contributed by atoms with E-state index >= 15 is 0 Å². The average molecular weight is 212 g/mol.